The zero-order valence-corrected chi connectivity index (χ0v) is 15.7. The van der Waals surface area contributed by atoms with Gasteiger partial charge in [-0.2, -0.15) is 0 Å². The second-order valence-corrected chi connectivity index (χ2v) is 6.98. The highest BCUT2D eigenvalue weighted by molar-refractivity contribution is 7.12. The predicted octanol–water partition coefficient (Wildman–Crippen LogP) is 5.29. The van der Waals surface area contributed by atoms with Crippen molar-refractivity contribution in [2.75, 3.05) is 5.32 Å². The van der Waals surface area contributed by atoms with Crippen LogP contribution in [-0.4, -0.2) is 12.2 Å². The normalized spacial score (nSPS) is 13.1. The maximum atomic E-state index is 6.03. The van der Waals surface area contributed by atoms with E-state index in [1.165, 1.54) is 5.56 Å². The summed E-state index contributed by atoms with van der Waals surface area (Å²) in [6.45, 7) is 4.13. The molecule has 3 N–H and O–H groups in total. The van der Waals surface area contributed by atoms with Gasteiger partial charge in [0.05, 0.1) is 22.9 Å². The Hall–Kier alpha value is -2.92. The molecule has 0 saturated carbocycles. The molecule has 1 unspecified atom stereocenters. The molecule has 0 amide bonds. The lowest BCUT2D eigenvalue weighted by atomic mass is 10.1. The maximum Gasteiger partial charge on any atom is 0.141 e. The molecule has 1 heterocycles. The SMILES string of the molecule is Cc1cccc(NC=NC(C)c2ccc(N=C(N)c3cccs3)cc2)c1. The van der Waals surface area contributed by atoms with E-state index >= 15 is 0 Å². The Morgan fingerprint density at radius 3 is 2.62 bits per heavy atom. The average Bonchev–Trinajstić information content (AvgIpc) is 3.17. The number of rotatable bonds is 6. The van der Waals surface area contributed by atoms with Gasteiger partial charge in [0.2, 0.25) is 0 Å². The van der Waals surface area contributed by atoms with Gasteiger partial charge < -0.3 is 11.1 Å². The number of hydrogen-bond donors (Lipinski definition) is 2. The van der Waals surface area contributed by atoms with E-state index in [1.807, 2.05) is 53.9 Å². The Kier molecular flexibility index (Phi) is 5.81. The van der Waals surface area contributed by atoms with Crippen LogP contribution in [0.5, 0.6) is 0 Å². The molecule has 5 heteroatoms. The molecule has 0 spiro atoms. The molecule has 0 bridgehead atoms. The van der Waals surface area contributed by atoms with Gasteiger partial charge in [-0.05, 0) is 60.7 Å². The third-order valence-electron chi connectivity index (χ3n) is 3.95. The second kappa shape index (κ2) is 8.45. The molecular formula is C21H22N4S. The molecule has 0 fully saturated rings. The Morgan fingerprint density at radius 2 is 1.92 bits per heavy atom. The third-order valence-corrected chi connectivity index (χ3v) is 4.84. The lowest BCUT2D eigenvalue weighted by molar-refractivity contribution is 0.824. The van der Waals surface area contributed by atoms with Crippen molar-refractivity contribution < 1.29 is 0 Å². The van der Waals surface area contributed by atoms with Gasteiger partial charge in [-0.3, -0.25) is 4.99 Å². The van der Waals surface area contributed by atoms with Gasteiger partial charge in [0.15, 0.2) is 0 Å². The summed E-state index contributed by atoms with van der Waals surface area (Å²) in [7, 11) is 0. The quantitative estimate of drug-likeness (QED) is 0.462. The van der Waals surface area contributed by atoms with Crippen molar-refractivity contribution >= 4 is 34.9 Å². The minimum absolute atomic E-state index is 0.0555. The van der Waals surface area contributed by atoms with Crippen LogP contribution in [0.2, 0.25) is 0 Å². The number of aryl methyl sites for hydroxylation is 1. The molecule has 0 saturated heterocycles. The molecule has 26 heavy (non-hydrogen) atoms. The fourth-order valence-corrected chi connectivity index (χ4v) is 3.12. The number of aliphatic imine (C=N–C) groups is 2. The molecule has 2 aromatic carbocycles. The summed E-state index contributed by atoms with van der Waals surface area (Å²) in [6, 6.07) is 20.2. The summed E-state index contributed by atoms with van der Waals surface area (Å²) >= 11 is 1.58. The first-order valence-electron chi connectivity index (χ1n) is 8.44. The first kappa shape index (κ1) is 17.9. The van der Waals surface area contributed by atoms with Crippen LogP contribution in [0.25, 0.3) is 0 Å². The fourth-order valence-electron chi connectivity index (χ4n) is 2.49. The second-order valence-electron chi connectivity index (χ2n) is 6.03. The van der Waals surface area contributed by atoms with Crippen LogP contribution in [0.4, 0.5) is 11.4 Å². The van der Waals surface area contributed by atoms with Crippen molar-refractivity contribution in [2.24, 2.45) is 15.7 Å². The molecule has 0 aliphatic heterocycles. The van der Waals surface area contributed by atoms with E-state index in [-0.39, 0.29) is 6.04 Å². The molecule has 1 atom stereocenters. The standard InChI is InChI=1S/C21H22N4S/c1-15-5-3-6-19(13-15)24-14-23-16(2)17-8-10-18(11-9-17)25-21(22)20-7-4-12-26-20/h3-14,16H,1-2H3,(H2,22,25)(H,23,24). The summed E-state index contributed by atoms with van der Waals surface area (Å²) in [4.78, 5) is 10.0. The topological polar surface area (TPSA) is 62.8 Å². The molecule has 4 nitrogen and oxygen atoms in total. The van der Waals surface area contributed by atoms with E-state index < -0.39 is 0 Å². The van der Waals surface area contributed by atoms with E-state index in [2.05, 4.69) is 41.3 Å². The van der Waals surface area contributed by atoms with Crippen LogP contribution in [-0.2, 0) is 0 Å². The Balaban J connectivity index is 1.62. The van der Waals surface area contributed by atoms with Crippen LogP contribution >= 0.6 is 11.3 Å². The van der Waals surface area contributed by atoms with Crippen molar-refractivity contribution in [2.45, 2.75) is 19.9 Å². The first-order valence-corrected chi connectivity index (χ1v) is 9.32. The first-order chi connectivity index (χ1) is 12.6. The summed E-state index contributed by atoms with van der Waals surface area (Å²) in [6.07, 6.45) is 1.75. The minimum atomic E-state index is 0.0555. The van der Waals surface area contributed by atoms with E-state index in [9.17, 15) is 0 Å². The number of nitrogens with two attached hydrogens (primary N) is 1. The van der Waals surface area contributed by atoms with Gasteiger partial charge in [0.1, 0.15) is 5.84 Å². The number of nitrogens with zero attached hydrogens (tertiary/aromatic N) is 2. The number of hydrogen-bond acceptors (Lipinski definition) is 3. The van der Waals surface area contributed by atoms with Crippen LogP contribution in [0.3, 0.4) is 0 Å². The van der Waals surface area contributed by atoms with Gasteiger partial charge in [-0.1, -0.05) is 30.3 Å². The molecule has 0 aliphatic rings. The number of benzene rings is 2. The smallest absolute Gasteiger partial charge is 0.141 e. The van der Waals surface area contributed by atoms with Gasteiger partial charge in [0.25, 0.3) is 0 Å². The van der Waals surface area contributed by atoms with Crippen LogP contribution < -0.4 is 11.1 Å². The molecule has 3 aromatic rings. The Labute approximate surface area is 158 Å². The highest BCUT2D eigenvalue weighted by Crippen LogP contribution is 2.21. The number of nitrogens with one attached hydrogen (secondary N) is 1. The zero-order chi connectivity index (χ0) is 18.4. The molecule has 0 radical (unpaired) electrons. The lowest BCUT2D eigenvalue weighted by Crippen LogP contribution is -2.10. The molecule has 132 valence electrons. The summed E-state index contributed by atoms with van der Waals surface area (Å²) in [5.41, 5.74) is 10.3. The van der Waals surface area contributed by atoms with Gasteiger partial charge in [0, 0.05) is 5.69 Å². The van der Waals surface area contributed by atoms with Gasteiger partial charge in [-0.15, -0.1) is 11.3 Å². The lowest BCUT2D eigenvalue weighted by Gasteiger charge is -2.08. The van der Waals surface area contributed by atoms with E-state index in [0.717, 1.165) is 21.8 Å². The van der Waals surface area contributed by atoms with E-state index in [1.54, 1.807) is 17.7 Å². The molecule has 1 aromatic heterocycles. The number of amidine groups is 1. The largest absolute Gasteiger partial charge is 0.383 e. The molecule has 3 rings (SSSR count). The van der Waals surface area contributed by atoms with Crippen molar-refractivity contribution in [1.82, 2.24) is 0 Å². The van der Waals surface area contributed by atoms with E-state index in [4.69, 9.17) is 5.73 Å². The summed E-state index contributed by atoms with van der Waals surface area (Å²) in [5, 5.41) is 5.20. The highest BCUT2D eigenvalue weighted by Gasteiger charge is 2.03. The Morgan fingerprint density at radius 1 is 1.12 bits per heavy atom. The van der Waals surface area contributed by atoms with Crippen molar-refractivity contribution in [3.8, 4) is 0 Å². The Bertz CT molecular complexity index is 896. The van der Waals surface area contributed by atoms with Crippen molar-refractivity contribution in [3.63, 3.8) is 0 Å². The molecular weight excluding hydrogens is 340 g/mol. The highest BCUT2D eigenvalue weighted by atomic mass is 32.1. The maximum absolute atomic E-state index is 6.03. The van der Waals surface area contributed by atoms with Crippen LogP contribution in [0, 0.1) is 6.92 Å². The minimum Gasteiger partial charge on any atom is -0.383 e. The van der Waals surface area contributed by atoms with Crippen LogP contribution in [0.1, 0.15) is 29.0 Å². The van der Waals surface area contributed by atoms with Crippen molar-refractivity contribution in [3.05, 3.63) is 82.0 Å². The third kappa shape index (κ3) is 4.80. The predicted molar refractivity (Wildman–Crippen MR) is 113 cm³/mol. The van der Waals surface area contributed by atoms with E-state index in [0.29, 0.717) is 5.84 Å². The van der Waals surface area contributed by atoms with Gasteiger partial charge in [-0.25, -0.2) is 4.99 Å². The van der Waals surface area contributed by atoms with Crippen molar-refractivity contribution in [1.29, 1.82) is 0 Å². The monoisotopic (exact) mass is 362 g/mol. The number of thiophene rings is 1. The summed E-state index contributed by atoms with van der Waals surface area (Å²) < 4.78 is 0. The molecule has 0 aliphatic carbocycles. The van der Waals surface area contributed by atoms with Crippen LogP contribution in [0.15, 0.2) is 76.0 Å². The summed E-state index contributed by atoms with van der Waals surface area (Å²) in [5.74, 6) is 0.543. The average molecular weight is 363 g/mol. The number of anilines is 1. The zero-order valence-electron chi connectivity index (χ0n) is 14.9. The van der Waals surface area contributed by atoms with Gasteiger partial charge >= 0.3 is 0 Å². The fraction of sp³-hybridized carbons (Fsp3) is 0.143.